The third kappa shape index (κ3) is 4.18. The van der Waals surface area contributed by atoms with E-state index >= 15 is 0 Å². The molecule has 3 aromatic rings. The van der Waals surface area contributed by atoms with Crippen LogP contribution in [-0.4, -0.2) is 60.8 Å². The normalized spacial score (nSPS) is 18.0. The van der Waals surface area contributed by atoms with Gasteiger partial charge < -0.3 is 23.8 Å². The summed E-state index contributed by atoms with van der Waals surface area (Å²) >= 11 is 0. The highest BCUT2D eigenvalue weighted by molar-refractivity contribution is 5.77. The van der Waals surface area contributed by atoms with Crippen molar-refractivity contribution in [1.82, 2.24) is 15.0 Å². The maximum absolute atomic E-state index is 12.9. The van der Waals surface area contributed by atoms with Gasteiger partial charge >= 0.3 is 0 Å². The molecule has 2 aliphatic heterocycles. The summed E-state index contributed by atoms with van der Waals surface area (Å²) in [5.74, 6) is 1.77. The number of aromatic nitrogens is 2. The van der Waals surface area contributed by atoms with Gasteiger partial charge in [0.2, 0.25) is 11.7 Å². The standard InChI is InChI=1S/C24H26N4O4/c1-30-19-8-6-18(7-9-19)23-25-24(32-26-23)21-16-28(14-15-31-21)22(29)11-13-27-12-10-17-4-2-3-5-20(17)27/h2-9,21H,10-16H2,1H3. The van der Waals surface area contributed by atoms with Gasteiger partial charge in [-0.25, -0.2) is 0 Å². The van der Waals surface area contributed by atoms with E-state index < -0.39 is 6.10 Å². The van der Waals surface area contributed by atoms with Gasteiger partial charge in [0, 0.05) is 37.3 Å². The van der Waals surface area contributed by atoms with Crippen LogP contribution in [0.5, 0.6) is 5.75 Å². The Morgan fingerprint density at radius 1 is 1.16 bits per heavy atom. The van der Waals surface area contributed by atoms with Crippen LogP contribution >= 0.6 is 0 Å². The predicted molar refractivity (Wildman–Crippen MR) is 119 cm³/mol. The molecule has 2 aliphatic rings. The Balaban J connectivity index is 1.19. The molecule has 0 N–H and O–H groups in total. The van der Waals surface area contributed by atoms with Crippen molar-refractivity contribution in [2.45, 2.75) is 18.9 Å². The summed E-state index contributed by atoms with van der Waals surface area (Å²) in [7, 11) is 1.62. The Morgan fingerprint density at radius 2 is 2.00 bits per heavy atom. The largest absolute Gasteiger partial charge is 0.497 e. The number of hydrogen-bond acceptors (Lipinski definition) is 7. The zero-order valence-electron chi connectivity index (χ0n) is 18.1. The lowest BCUT2D eigenvalue weighted by Gasteiger charge is -2.32. The average molecular weight is 434 g/mol. The van der Waals surface area contributed by atoms with E-state index in [0.717, 1.165) is 30.8 Å². The van der Waals surface area contributed by atoms with Crippen LogP contribution < -0.4 is 9.64 Å². The lowest BCUT2D eigenvalue weighted by molar-refractivity contribution is -0.139. The highest BCUT2D eigenvalue weighted by Crippen LogP contribution is 2.28. The second-order valence-corrected chi connectivity index (χ2v) is 8.00. The van der Waals surface area contributed by atoms with Gasteiger partial charge in [0.05, 0.1) is 20.3 Å². The molecule has 32 heavy (non-hydrogen) atoms. The molecule has 1 unspecified atom stereocenters. The molecule has 3 heterocycles. The molecule has 5 rings (SSSR count). The van der Waals surface area contributed by atoms with Gasteiger partial charge in [0.25, 0.3) is 5.89 Å². The monoisotopic (exact) mass is 434 g/mol. The van der Waals surface area contributed by atoms with Crippen LogP contribution in [0.4, 0.5) is 5.69 Å². The van der Waals surface area contributed by atoms with E-state index in [4.69, 9.17) is 14.0 Å². The Kier molecular flexibility index (Phi) is 5.77. The Labute approximate surface area is 186 Å². The predicted octanol–water partition coefficient (Wildman–Crippen LogP) is 3.10. The highest BCUT2D eigenvalue weighted by atomic mass is 16.5. The quantitative estimate of drug-likeness (QED) is 0.590. The minimum Gasteiger partial charge on any atom is -0.497 e. The molecule has 8 heteroatoms. The summed E-state index contributed by atoms with van der Waals surface area (Å²) in [5.41, 5.74) is 3.43. The highest BCUT2D eigenvalue weighted by Gasteiger charge is 2.30. The lowest BCUT2D eigenvalue weighted by Crippen LogP contribution is -2.43. The summed E-state index contributed by atoms with van der Waals surface area (Å²) in [4.78, 5) is 21.5. The second-order valence-electron chi connectivity index (χ2n) is 8.00. The first-order chi connectivity index (χ1) is 15.7. The fourth-order valence-corrected chi connectivity index (χ4v) is 4.28. The van der Waals surface area contributed by atoms with E-state index in [2.05, 4.69) is 39.3 Å². The van der Waals surface area contributed by atoms with E-state index in [9.17, 15) is 4.79 Å². The molecule has 8 nitrogen and oxygen atoms in total. The number of carbonyl (C=O) groups is 1. The summed E-state index contributed by atoms with van der Waals surface area (Å²) in [6, 6.07) is 15.9. The van der Waals surface area contributed by atoms with Gasteiger partial charge in [0.1, 0.15) is 5.75 Å². The van der Waals surface area contributed by atoms with E-state index in [0.29, 0.717) is 37.8 Å². The molecule has 0 radical (unpaired) electrons. The number of benzene rings is 2. The third-order valence-electron chi connectivity index (χ3n) is 6.06. The molecule has 0 saturated carbocycles. The Bertz CT molecular complexity index is 1080. The maximum atomic E-state index is 12.9. The first kappa shape index (κ1) is 20.5. The Hall–Kier alpha value is -3.39. The number of carbonyl (C=O) groups excluding carboxylic acids is 1. The molecule has 2 aromatic carbocycles. The average Bonchev–Trinajstić information content (AvgIpc) is 3.50. The van der Waals surface area contributed by atoms with Crippen molar-refractivity contribution in [3.05, 3.63) is 60.0 Å². The molecule has 0 aliphatic carbocycles. The van der Waals surface area contributed by atoms with Crippen molar-refractivity contribution in [2.75, 3.05) is 44.8 Å². The van der Waals surface area contributed by atoms with Crippen LogP contribution in [0.25, 0.3) is 11.4 Å². The topological polar surface area (TPSA) is 80.9 Å². The van der Waals surface area contributed by atoms with Crippen molar-refractivity contribution in [1.29, 1.82) is 0 Å². The molecule has 0 bridgehead atoms. The van der Waals surface area contributed by atoms with E-state index in [1.807, 2.05) is 29.2 Å². The van der Waals surface area contributed by atoms with Crippen LogP contribution in [0, 0.1) is 0 Å². The summed E-state index contributed by atoms with van der Waals surface area (Å²) in [6.07, 6.45) is 1.10. The number of ether oxygens (including phenoxy) is 2. The van der Waals surface area contributed by atoms with Crippen molar-refractivity contribution in [2.24, 2.45) is 0 Å². The molecule has 1 atom stereocenters. The van der Waals surface area contributed by atoms with Crippen LogP contribution in [0.1, 0.15) is 24.0 Å². The fourth-order valence-electron chi connectivity index (χ4n) is 4.28. The SMILES string of the molecule is COc1ccc(-c2noc(C3CN(C(=O)CCN4CCc5ccccc54)CCO3)n2)cc1. The van der Waals surface area contributed by atoms with Gasteiger partial charge in [-0.15, -0.1) is 0 Å². The summed E-state index contributed by atoms with van der Waals surface area (Å²) in [6.45, 7) is 3.13. The van der Waals surface area contributed by atoms with Gasteiger partial charge in [0.15, 0.2) is 6.10 Å². The molecular weight excluding hydrogens is 408 g/mol. The van der Waals surface area contributed by atoms with E-state index in [1.165, 1.54) is 11.3 Å². The first-order valence-corrected chi connectivity index (χ1v) is 10.9. The maximum Gasteiger partial charge on any atom is 0.257 e. The second kappa shape index (κ2) is 9.00. The first-order valence-electron chi connectivity index (χ1n) is 10.9. The fraction of sp³-hybridized carbons (Fsp3) is 0.375. The molecular formula is C24H26N4O4. The molecule has 1 aromatic heterocycles. The molecule has 1 saturated heterocycles. The number of methoxy groups -OCH3 is 1. The van der Waals surface area contributed by atoms with Crippen molar-refractivity contribution >= 4 is 11.6 Å². The van der Waals surface area contributed by atoms with Gasteiger partial charge in [-0.3, -0.25) is 4.79 Å². The third-order valence-corrected chi connectivity index (χ3v) is 6.06. The molecule has 1 amide bonds. The Morgan fingerprint density at radius 3 is 2.84 bits per heavy atom. The van der Waals surface area contributed by atoms with Crippen LogP contribution in [-0.2, 0) is 16.0 Å². The van der Waals surface area contributed by atoms with Gasteiger partial charge in [-0.1, -0.05) is 23.4 Å². The van der Waals surface area contributed by atoms with Crippen molar-refractivity contribution in [3.63, 3.8) is 0 Å². The van der Waals surface area contributed by atoms with Crippen LogP contribution in [0.3, 0.4) is 0 Å². The lowest BCUT2D eigenvalue weighted by atomic mass is 10.2. The number of fused-ring (bicyclic) bond motifs is 1. The minimum atomic E-state index is -0.417. The number of morpholine rings is 1. The number of rotatable bonds is 6. The molecule has 1 fully saturated rings. The van der Waals surface area contributed by atoms with E-state index in [-0.39, 0.29) is 5.91 Å². The smallest absolute Gasteiger partial charge is 0.257 e. The van der Waals surface area contributed by atoms with Crippen LogP contribution in [0.2, 0.25) is 0 Å². The number of nitrogens with zero attached hydrogens (tertiary/aromatic N) is 4. The summed E-state index contributed by atoms with van der Waals surface area (Å²) < 4.78 is 16.5. The van der Waals surface area contributed by atoms with E-state index in [1.54, 1.807) is 7.11 Å². The number of hydrogen-bond donors (Lipinski definition) is 0. The molecule has 166 valence electrons. The number of anilines is 1. The van der Waals surface area contributed by atoms with Gasteiger partial charge in [-0.2, -0.15) is 4.98 Å². The number of para-hydroxylation sites is 1. The zero-order valence-corrected chi connectivity index (χ0v) is 18.1. The molecule has 0 spiro atoms. The van der Waals surface area contributed by atoms with Crippen molar-refractivity contribution in [3.8, 4) is 17.1 Å². The van der Waals surface area contributed by atoms with Crippen molar-refractivity contribution < 1.29 is 18.8 Å². The summed E-state index contributed by atoms with van der Waals surface area (Å²) in [5, 5.41) is 4.08. The van der Waals surface area contributed by atoms with Crippen LogP contribution in [0.15, 0.2) is 53.1 Å². The number of amides is 1. The minimum absolute atomic E-state index is 0.123. The zero-order chi connectivity index (χ0) is 21.9. The van der Waals surface area contributed by atoms with Gasteiger partial charge in [-0.05, 0) is 42.3 Å².